The van der Waals surface area contributed by atoms with Crippen molar-refractivity contribution in [3.05, 3.63) is 23.3 Å². The van der Waals surface area contributed by atoms with Gasteiger partial charge in [0.15, 0.2) is 0 Å². The molecule has 0 aromatic carbocycles. The Morgan fingerprint density at radius 1 is 1.10 bits per heavy atom. The standard InChI is InChI=1S/C31H39NO9S/c1-16-11-30(32-24(34)14-42-30)31(37)26(39-16)40-22-10-18-3-4-21-20(28(18,15-33)12-23(22)41-31)5-7-27(2)19(6-8-29(21,27)36)17-9-25(35)38-13-17/h3,9,15-16,19-23,26,36-37H,4-8,10-14H2,1-2H3,(H,32,34). The van der Waals surface area contributed by atoms with E-state index in [-0.39, 0.29) is 41.5 Å². The molecule has 4 aliphatic heterocycles. The quantitative estimate of drug-likeness (QED) is 0.245. The number of cyclic esters (lactones) is 1. The van der Waals surface area contributed by atoms with Crippen LogP contribution in [0.5, 0.6) is 0 Å². The number of aliphatic hydroxyl groups is 2. The zero-order chi connectivity index (χ0) is 29.3. The summed E-state index contributed by atoms with van der Waals surface area (Å²) in [6.45, 7) is 4.34. The number of amides is 1. The fraction of sp³-hybridized carbons (Fsp3) is 0.774. The molecule has 8 rings (SSSR count). The van der Waals surface area contributed by atoms with Crippen LogP contribution in [0.1, 0.15) is 65.2 Å². The maximum absolute atomic E-state index is 13.3. The number of esters is 1. The highest BCUT2D eigenvalue weighted by molar-refractivity contribution is 8.01. The van der Waals surface area contributed by atoms with Gasteiger partial charge < -0.3 is 39.3 Å². The summed E-state index contributed by atoms with van der Waals surface area (Å²) in [4.78, 5) is 36.4. The van der Waals surface area contributed by atoms with Crippen LogP contribution < -0.4 is 5.32 Å². The lowest BCUT2D eigenvalue weighted by Crippen LogP contribution is -2.76. The molecule has 12 unspecified atom stereocenters. The van der Waals surface area contributed by atoms with Gasteiger partial charge in [-0.3, -0.25) is 4.79 Å². The van der Waals surface area contributed by atoms with Crippen molar-refractivity contribution in [2.75, 3.05) is 12.4 Å². The van der Waals surface area contributed by atoms with Crippen molar-refractivity contribution in [1.82, 2.24) is 5.32 Å². The fourth-order valence-corrected chi connectivity index (χ4v) is 11.8. The first-order chi connectivity index (χ1) is 20.0. The Balaban J connectivity index is 1.12. The number of thioether (sulfide) groups is 1. The summed E-state index contributed by atoms with van der Waals surface area (Å²) in [6, 6.07) is 0. The second-order valence-corrected chi connectivity index (χ2v) is 15.5. The molecule has 10 nitrogen and oxygen atoms in total. The van der Waals surface area contributed by atoms with Crippen molar-refractivity contribution in [2.45, 2.75) is 106 Å². The van der Waals surface area contributed by atoms with E-state index in [9.17, 15) is 24.6 Å². The highest BCUT2D eigenvalue weighted by Gasteiger charge is 2.72. The molecule has 0 aromatic rings. The highest BCUT2D eigenvalue weighted by Crippen LogP contribution is 2.69. The molecule has 0 radical (unpaired) electrons. The van der Waals surface area contributed by atoms with Gasteiger partial charge in [-0.1, -0.05) is 18.6 Å². The third-order valence-corrected chi connectivity index (χ3v) is 14.0. The lowest BCUT2D eigenvalue weighted by molar-refractivity contribution is -0.443. The summed E-state index contributed by atoms with van der Waals surface area (Å²) in [7, 11) is 0. The fourth-order valence-electron chi connectivity index (χ4n) is 10.5. The van der Waals surface area contributed by atoms with Gasteiger partial charge in [-0.25, -0.2) is 4.79 Å². The van der Waals surface area contributed by atoms with Crippen molar-refractivity contribution in [3.8, 4) is 0 Å². The van der Waals surface area contributed by atoms with Crippen LogP contribution in [0, 0.1) is 28.6 Å². The molecule has 0 aromatic heterocycles. The van der Waals surface area contributed by atoms with Crippen molar-refractivity contribution in [3.63, 3.8) is 0 Å². The lowest BCUT2D eigenvalue weighted by atomic mass is 9.45. The summed E-state index contributed by atoms with van der Waals surface area (Å²) < 4.78 is 24.3. The van der Waals surface area contributed by atoms with Crippen LogP contribution in [0.4, 0.5) is 0 Å². The number of carbonyl (C=O) groups is 3. The first-order valence-corrected chi connectivity index (χ1v) is 16.4. The number of nitrogens with one attached hydrogen (secondary N) is 1. The van der Waals surface area contributed by atoms with Crippen LogP contribution in [0.15, 0.2) is 23.3 Å². The van der Waals surface area contributed by atoms with Crippen molar-refractivity contribution >= 4 is 29.9 Å². The SMILES string of the molecule is CC1CC2(NC(=O)CS2)C2(O)OC3CC4(C=O)C(=CCC5C4CCC4(C)C(C6=CC(=O)OC6)CCC54O)CC3OC2O1. The Morgan fingerprint density at radius 2 is 1.93 bits per heavy atom. The van der Waals surface area contributed by atoms with Crippen LogP contribution in [-0.2, 0) is 33.3 Å². The predicted octanol–water partition coefficient (Wildman–Crippen LogP) is 2.12. The summed E-state index contributed by atoms with van der Waals surface area (Å²) in [6.07, 6.45) is 7.23. The minimum atomic E-state index is -1.91. The number of aldehydes is 1. The first-order valence-electron chi connectivity index (χ1n) is 15.4. The third kappa shape index (κ3) is 3.38. The van der Waals surface area contributed by atoms with Crippen LogP contribution in [0.2, 0.25) is 0 Å². The maximum Gasteiger partial charge on any atom is 0.331 e. The normalized spacial score (nSPS) is 54.4. The van der Waals surface area contributed by atoms with E-state index in [4.69, 9.17) is 18.9 Å². The Morgan fingerprint density at radius 3 is 2.64 bits per heavy atom. The van der Waals surface area contributed by atoms with Gasteiger partial charge in [0.25, 0.3) is 5.79 Å². The first kappa shape index (κ1) is 27.8. The molecule has 0 bridgehead atoms. The highest BCUT2D eigenvalue weighted by atomic mass is 32.2. The Kier molecular flexibility index (Phi) is 5.89. The van der Waals surface area contributed by atoms with Gasteiger partial charge >= 0.3 is 5.97 Å². The third-order valence-electron chi connectivity index (χ3n) is 12.5. The molecule has 228 valence electrons. The number of hydrogen-bond acceptors (Lipinski definition) is 10. The summed E-state index contributed by atoms with van der Waals surface area (Å²) in [5.74, 6) is -2.33. The molecule has 8 aliphatic rings. The summed E-state index contributed by atoms with van der Waals surface area (Å²) in [5, 5.41) is 27.6. The van der Waals surface area contributed by atoms with Crippen molar-refractivity contribution in [2.24, 2.45) is 28.6 Å². The van der Waals surface area contributed by atoms with Crippen LogP contribution in [0.3, 0.4) is 0 Å². The van der Waals surface area contributed by atoms with Gasteiger partial charge in [0.2, 0.25) is 12.2 Å². The monoisotopic (exact) mass is 601 g/mol. The molecular formula is C31H39NO9S. The number of rotatable bonds is 2. The molecule has 3 saturated carbocycles. The van der Waals surface area contributed by atoms with E-state index in [0.717, 1.165) is 36.7 Å². The Labute approximate surface area is 248 Å². The topological polar surface area (TPSA) is 141 Å². The molecule has 3 saturated heterocycles. The Hall–Kier alpha value is -1.76. The number of fused-ring (bicyclic) bond motifs is 8. The van der Waals surface area contributed by atoms with E-state index < -0.39 is 45.6 Å². The van der Waals surface area contributed by atoms with Crippen molar-refractivity contribution in [1.29, 1.82) is 0 Å². The average Bonchev–Trinajstić information content (AvgIpc) is 3.62. The number of ether oxygens (including phenoxy) is 4. The van der Waals surface area contributed by atoms with E-state index in [1.54, 1.807) is 6.08 Å². The zero-order valence-corrected chi connectivity index (χ0v) is 24.8. The molecular weight excluding hydrogens is 562 g/mol. The van der Waals surface area contributed by atoms with E-state index in [2.05, 4.69) is 18.3 Å². The minimum absolute atomic E-state index is 0.0634. The molecule has 1 amide bonds. The second-order valence-electron chi connectivity index (χ2n) is 14.2. The summed E-state index contributed by atoms with van der Waals surface area (Å²) in [5.41, 5.74) is -0.264. The van der Waals surface area contributed by atoms with E-state index in [0.29, 0.717) is 38.7 Å². The predicted molar refractivity (Wildman–Crippen MR) is 148 cm³/mol. The van der Waals surface area contributed by atoms with E-state index in [1.807, 2.05) is 6.92 Å². The van der Waals surface area contributed by atoms with Gasteiger partial charge in [0, 0.05) is 17.9 Å². The molecule has 1 spiro atoms. The molecule has 4 heterocycles. The smallest absolute Gasteiger partial charge is 0.331 e. The summed E-state index contributed by atoms with van der Waals surface area (Å²) >= 11 is 1.32. The van der Waals surface area contributed by atoms with Crippen LogP contribution in [-0.4, -0.2) is 81.6 Å². The number of hydrogen-bond donors (Lipinski definition) is 3. The second kappa shape index (κ2) is 8.91. The van der Waals surface area contributed by atoms with Gasteiger partial charge in [0.1, 0.15) is 17.8 Å². The largest absolute Gasteiger partial charge is 0.458 e. The van der Waals surface area contributed by atoms with Crippen LogP contribution in [0.25, 0.3) is 0 Å². The van der Waals surface area contributed by atoms with Crippen molar-refractivity contribution < 1.29 is 43.5 Å². The molecule has 3 N–H and O–H groups in total. The van der Waals surface area contributed by atoms with E-state index >= 15 is 0 Å². The number of carbonyl (C=O) groups excluding carboxylic acids is 3. The number of allylic oxidation sites excluding steroid dienone is 1. The lowest BCUT2D eigenvalue weighted by Gasteiger charge is -2.63. The minimum Gasteiger partial charge on any atom is -0.458 e. The molecule has 11 heteroatoms. The van der Waals surface area contributed by atoms with Gasteiger partial charge in [-0.15, -0.1) is 11.8 Å². The van der Waals surface area contributed by atoms with Crippen LogP contribution >= 0.6 is 11.8 Å². The van der Waals surface area contributed by atoms with E-state index in [1.165, 1.54) is 11.8 Å². The van der Waals surface area contributed by atoms with Gasteiger partial charge in [0.05, 0.1) is 35.1 Å². The van der Waals surface area contributed by atoms with Gasteiger partial charge in [-0.05, 0) is 75.2 Å². The molecule has 12 atom stereocenters. The molecule has 4 aliphatic carbocycles. The molecule has 42 heavy (non-hydrogen) atoms. The zero-order valence-electron chi connectivity index (χ0n) is 24.0. The average molecular weight is 602 g/mol. The Bertz CT molecular complexity index is 1320. The van der Waals surface area contributed by atoms with Gasteiger partial charge in [-0.2, -0.15) is 0 Å². The molecule has 6 fully saturated rings. The maximum atomic E-state index is 13.3.